The van der Waals surface area contributed by atoms with Gasteiger partial charge in [0.25, 0.3) is 5.91 Å². The van der Waals surface area contributed by atoms with Crippen molar-refractivity contribution in [3.8, 4) is 0 Å². The quantitative estimate of drug-likeness (QED) is 0.876. The number of carbonyl (C=O) groups is 1. The summed E-state index contributed by atoms with van der Waals surface area (Å²) in [6.45, 7) is 2.72. The first-order valence-corrected chi connectivity index (χ1v) is 6.28. The molecule has 0 saturated heterocycles. The zero-order valence-corrected chi connectivity index (χ0v) is 11.8. The van der Waals surface area contributed by atoms with Crippen LogP contribution >= 0.6 is 12.4 Å². The van der Waals surface area contributed by atoms with Crippen molar-refractivity contribution in [1.82, 2.24) is 10.6 Å². The van der Waals surface area contributed by atoms with Crippen LogP contribution in [0.15, 0.2) is 18.2 Å². The molecule has 18 heavy (non-hydrogen) atoms. The average molecular weight is 269 g/mol. The van der Waals surface area contributed by atoms with Crippen molar-refractivity contribution in [3.05, 3.63) is 34.9 Å². The van der Waals surface area contributed by atoms with Crippen molar-refractivity contribution in [3.63, 3.8) is 0 Å². The van der Waals surface area contributed by atoms with E-state index in [0.29, 0.717) is 12.6 Å². The molecule has 0 aliphatic heterocycles. The van der Waals surface area contributed by atoms with E-state index in [4.69, 9.17) is 0 Å². The maximum Gasteiger partial charge on any atom is 0.251 e. The Morgan fingerprint density at radius 1 is 1.39 bits per heavy atom. The number of hydrogen-bond donors (Lipinski definition) is 2. The molecule has 3 nitrogen and oxygen atoms in total. The minimum atomic E-state index is 0. The van der Waals surface area contributed by atoms with E-state index in [1.807, 2.05) is 19.2 Å². The Balaban J connectivity index is 0.00000162. The van der Waals surface area contributed by atoms with Gasteiger partial charge in [0, 0.05) is 18.2 Å². The molecule has 1 unspecified atom stereocenters. The summed E-state index contributed by atoms with van der Waals surface area (Å²) in [7, 11) is 1.90. The predicted molar refractivity (Wildman–Crippen MR) is 76.6 cm³/mol. The van der Waals surface area contributed by atoms with Crippen LogP contribution in [-0.2, 0) is 12.8 Å². The van der Waals surface area contributed by atoms with E-state index >= 15 is 0 Å². The summed E-state index contributed by atoms with van der Waals surface area (Å²) in [4.78, 5) is 12.1. The van der Waals surface area contributed by atoms with Crippen molar-refractivity contribution in [2.45, 2.75) is 32.2 Å². The molecule has 0 aromatic heterocycles. The van der Waals surface area contributed by atoms with Crippen molar-refractivity contribution >= 4 is 18.3 Å². The lowest BCUT2D eigenvalue weighted by Gasteiger charge is -2.13. The van der Waals surface area contributed by atoms with Crippen molar-refractivity contribution in [1.29, 1.82) is 0 Å². The number of amides is 1. The van der Waals surface area contributed by atoms with Gasteiger partial charge in [0.1, 0.15) is 0 Å². The zero-order chi connectivity index (χ0) is 12.3. The number of hydrogen-bond acceptors (Lipinski definition) is 2. The molecule has 1 aromatic carbocycles. The molecule has 0 heterocycles. The van der Waals surface area contributed by atoms with Crippen LogP contribution in [0.25, 0.3) is 0 Å². The molecule has 0 fully saturated rings. The summed E-state index contributed by atoms with van der Waals surface area (Å²) in [5, 5.41) is 6.09. The third kappa shape index (κ3) is 3.24. The maximum absolute atomic E-state index is 12.1. The molecule has 1 atom stereocenters. The SMILES string of the molecule is CNC(C)CNC(=O)c1cccc2c1CCC2.Cl. The Morgan fingerprint density at radius 2 is 2.17 bits per heavy atom. The third-order valence-corrected chi connectivity index (χ3v) is 3.45. The molecule has 1 aliphatic rings. The molecule has 100 valence electrons. The molecule has 0 radical (unpaired) electrons. The number of rotatable bonds is 4. The minimum Gasteiger partial charge on any atom is -0.350 e. The van der Waals surface area contributed by atoms with Gasteiger partial charge in [0.15, 0.2) is 0 Å². The Labute approximate surface area is 115 Å². The normalized spacial score (nSPS) is 14.6. The number of fused-ring (bicyclic) bond motifs is 1. The van der Waals surface area contributed by atoms with Gasteiger partial charge in [0.2, 0.25) is 0 Å². The fraction of sp³-hybridized carbons (Fsp3) is 0.500. The van der Waals surface area contributed by atoms with Gasteiger partial charge < -0.3 is 10.6 Å². The van der Waals surface area contributed by atoms with Crippen LogP contribution in [0.1, 0.15) is 34.8 Å². The first-order valence-electron chi connectivity index (χ1n) is 6.28. The molecule has 0 spiro atoms. The van der Waals surface area contributed by atoms with Crippen LogP contribution in [0.5, 0.6) is 0 Å². The fourth-order valence-corrected chi connectivity index (χ4v) is 2.28. The Morgan fingerprint density at radius 3 is 2.89 bits per heavy atom. The van der Waals surface area contributed by atoms with Crippen LogP contribution in [0.3, 0.4) is 0 Å². The lowest BCUT2D eigenvalue weighted by atomic mass is 10.0. The molecule has 0 bridgehead atoms. The molecular weight excluding hydrogens is 248 g/mol. The van der Waals surface area contributed by atoms with Gasteiger partial charge in [-0.05, 0) is 50.4 Å². The summed E-state index contributed by atoms with van der Waals surface area (Å²) in [5.41, 5.74) is 3.46. The second-order valence-corrected chi connectivity index (χ2v) is 4.70. The van der Waals surface area contributed by atoms with Crippen LogP contribution in [0.4, 0.5) is 0 Å². The third-order valence-electron chi connectivity index (χ3n) is 3.45. The molecule has 2 N–H and O–H groups in total. The topological polar surface area (TPSA) is 41.1 Å². The van der Waals surface area contributed by atoms with E-state index in [0.717, 1.165) is 18.4 Å². The average Bonchev–Trinajstić information content (AvgIpc) is 2.83. The van der Waals surface area contributed by atoms with Gasteiger partial charge in [-0.15, -0.1) is 12.4 Å². The molecule has 1 amide bonds. The van der Waals surface area contributed by atoms with Gasteiger partial charge in [-0.1, -0.05) is 12.1 Å². The van der Waals surface area contributed by atoms with Crippen LogP contribution < -0.4 is 10.6 Å². The number of benzene rings is 1. The lowest BCUT2D eigenvalue weighted by molar-refractivity contribution is 0.0949. The van der Waals surface area contributed by atoms with E-state index in [2.05, 4.69) is 23.6 Å². The van der Waals surface area contributed by atoms with E-state index < -0.39 is 0 Å². The van der Waals surface area contributed by atoms with Gasteiger partial charge in [-0.25, -0.2) is 0 Å². The van der Waals surface area contributed by atoms with E-state index in [1.165, 1.54) is 17.5 Å². The number of aryl methyl sites for hydroxylation is 1. The molecule has 0 saturated carbocycles. The number of halogens is 1. The fourth-order valence-electron chi connectivity index (χ4n) is 2.28. The van der Waals surface area contributed by atoms with E-state index in [-0.39, 0.29) is 18.3 Å². The van der Waals surface area contributed by atoms with Crippen molar-refractivity contribution in [2.24, 2.45) is 0 Å². The lowest BCUT2D eigenvalue weighted by Crippen LogP contribution is -2.37. The molecule has 1 aromatic rings. The Bertz CT molecular complexity index is 420. The van der Waals surface area contributed by atoms with Crippen LogP contribution in [-0.4, -0.2) is 25.5 Å². The van der Waals surface area contributed by atoms with Crippen LogP contribution in [0.2, 0.25) is 0 Å². The van der Waals surface area contributed by atoms with E-state index in [1.54, 1.807) is 0 Å². The smallest absolute Gasteiger partial charge is 0.251 e. The Hall–Kier alpha value is -1.06. The highest BCUT2D eigenvalue weighted by Gasteiger charge is 2.18. The summed E-state index contributed by atoms with van der Waals surface area (Å²) in [6, 6.07) is 6.36. The number of likely N-dealkylation sites (N-methyl/N-ethyl adjacent to an activating group) is 1. The van der Waals surface area contributed by atoms with Crippen molar-refractivity contribution < 1.29 is 4.79 Å². The largest absolute Gasteiger partial charge is 0.350 e. The maximum atomic E-state index is 12.1. The number of carbonyl (C=O) groups excluding carboxylic acids is 1. The summed E-state index contributed by atoms with van der Waals surface area (Å²) >= 11 is 0. The molecule has 1 aliphatic carbocycles. The summed E-state index contributed by atoms with van der Waals surface area (Å²) in [6.07, 6.45) is 3.33. The molecule has 4 heteroatoms. The monoisotopic (exact) mass is 268 g/mol. The van der Waals surface area contributed by atoms with Gasteiger partial charge >= 0.3 is 0 Å². The standard InChI is InChI=1S/C14H20N2O.ClH/c1-10(15-2)9-16-14(17)13-8-4-6-11-5-3-7-12(11)13;/h4,6,8,10,15H,3,5,7,9H2,1-2H3,(H,16,17);1H. The van der Waals surface area contributed by atoms with Gasteiger partial charge in [-0.3, -0.25) is 4.79 Å². The first-order chi connectivity index (χ1) is 8.22. The van der Waals surface area contributed by atoms with Gasteiger partial charge in [-0.2, -0.15) is 0 Å². The summed E-state index contributed by atoms with van der Waals surface area (Å²) in [5.74, 6) is 0.0610. The van der Waals surface area contributed by atoms with Crippen LogP contribution in [0, 0.1) is 0 Å². The second-order valence-electron chi connectivity index (χ2n) is 4.70. The second kappa shape index (κ2) is 6.76. The first kappa shape index (κ1) is 15.0. The number of nitrogens with one attached hydrogen (secondary N) is 2. The summed E-state index contributed by atoms with van der Waals surface area (Å²) < 4.78 is 0. The Kier molecular flexibility index (Phi) is 5.63. The molecular formula is C14H21ClN2O. The highest BCUT2D eigenvalue weighted by atomic mass is 35.5. The minimum absolute atomic E-state index is 0. The molecule has 2 rings (SSSR count). The predicted octanol–water partition coefficient (Wildman–Crippen LogP) is 1.93. The van der Waals surface area contributed by atoms with Gasteiger partial charge in [0.05, 0.1) is 0 Å². The van der Waals surface area contributed by atoms with Crippen molar-refractivity contribution in [2.75, 3.05) is 13.6 Å². The zero-order valence-electron chi connectivity index (χ0n) is 11.0. The highest BCUT2D eigenvalue weighted by molar-refractivity contribution is 5.96. The van der Waals surface area contributed by atoms with E-state index in [9.17, 15) is 4.79 Å². The highest BCUT2D eigenvalue weighted by Crippen LogP contribution is 2.24.